The Bertz CT molecular complexity index is 1200. The molecule has 37 heavy (non-hydrogen) atoms. The minimum atomic E-state index is -4.43. The molecule has 196 valence electrons. The second kappa shape index (κ2) is 12.3. The molecule has 6 nitrogen and oxygen atoms in total. The van der Waals surface area contributed by atoms with Crippen LogP contribution in [0.3, 0.4) is 0 Å². The molecule has 3 aromatic carbocycles. The SMILES string of the molecule is CCNC(=O)C(C(=O)N(CCc1ccc(C(F)(F)F)cc1)c1ccc(OC)c(OC)c1)c1ccccc1. The highest BCUT2D eigenvalue weighted by molar-refractivity contribution is 6.12. The van der Waals surface area contributed by atoms with Gasteiger partial charge < -0.3 is 19.7 Å². The normalized spacial score (nSPS) is 11.9. The van der Waals surface area contributed by atoms with Crippen LogP contribution in [-0.2, 0) is 22.2 Å². The van der Waals surface area contributed by atoms with Crippen molar-refractivity contribution in [3.63, 3.8) is 0 Å². The summed E-state index contributed by atoms with van der Waals surface area (Å²) in [7, 11) is 2.96. The number of amides is 2. The Hall–Kier alpha value is -4.01. The Balaban J connectivity index is 2.00. The van der Waals surface area contributed by atoms with Gasteiger partial charge in [0.05, 0.1) is 19.8 Å². The van der Waals surface area contributed by atoms with E-state index in [0.717, 1.165) is 12.1 Å². The number of anilines is 1. The highest BCUT2D eigenvalue weighted by Gasteiger charge is 2.33. The number of hydrogen-bond acceptors (Lipinski definition) is 4. The molecule has 2 amide bonds. The van der Waals surface area contributed by atoms with Crippen molar-refractivity contribution in [3.8, 4) is 11.5 Å². The predicted octanol–water partition coefficient (Wildman–Crippen LogP) is 5.22. The molecular formula is C28H29F3N2O4. The van der Waals surface area contributed by atoms with Gasteiger partial charge in [0.15, 0.2) is 11.5 Å². The average molecular weight is 515 g/mol. The van der Waals surface area contributed by atoms with Gasteiger partial charge in [0.1, 0.15) is 5.92 Å². The Morgan fingerprint density at radius 3 is 2.14 bits per heavy atom. The Morgan fingerprint density at radius 2 is 1.57 bits per heavy atom. The summed E-state index contributed by atoms with van der Waals surface area (Å²) in [6, 6.07) is 18.5. The van der Waals surface area contributed by atoms with Crippen molar-refractivity contribution >= 4 is 17.5 Å². The Kier molecular flexibility index (Phi) is 9.16. The van der Waals surface area contributed by atoms with Crippen molar-refractivity contribution in [2.75, 3.05) is 32.2 Å². The van der Waals surface area contributed by atoms with Crippen LogP contribution in [0.5, 0.6) is 11.5 Å². The van der Waals surface area contributed by atoms with Crippen LogP contribution in [0.1, 0.15) is 29.5 Å². The number of ether oxygens (including phenoxy) is 2. The third-order valence-corrected chi connectivity index (χ3v) is 5.84. The van der Waals surface area contributed by atoms with Crippen molar-refractivity contribution in [2.24, 2.45) is 0 Å². The fourth-order valence-corrected chi connectivity index (χ4v) is 3.94. The van der Waals surface area contributed by atoms with Crippen LogP contribution in [0, 0.1) is 0 Å². The Morgan fingerprint density at radius 1 is 0.919 bits per heavy atom. The van der Waals surface area contributed by atoms with Crippen molar-refractivity contribution in [2.45, 2.75) is 25.4 Å². The molecule has 0 aliphatic rings. The summed E-state index contributed by atoms with van der Waals surface area (Å²) in [5.74, 6) is -1.19. The molecule has 0 saturated carbocycles. The fraction of sp³-hybridized carbons (Fsp3) is 0.286. The molecule has 0 heterocycles. The van der Waals surface area contributed by atoms with E-state index in [1.54, 1.807) is 55.5 Å². The van der Waals surface area contributed by atoms with Crippen LogP contribution in [0.25, 0.3) is 0 Å². The number of rotatable bonds is 10. The maximum Gasteiger partial charge on any atom is 0.416 e. The number of halogens is 3. The van der Waals surface area contributed by atoms with Gasteiger partial charge in [-0.15, -0.1) is 0 Å². The first-order valence-corrected chi connectivity index (χ1v) is 11.7. The zero-order valence-corrected chi connectivity index (χ0v) is 20.8. The Labute approximate surface area is 214 Å². The number of alkyl halides is 3. The van der Waals surface area contributed by atoms with Crippen molar-refractivity contribution in [3.05, 3.63) is 89.5 Å². The van der Waals surface area contributed by atoms with Gasteiger partial charge in [0, 0.05) is 24.8 Å². The van der Waals surface area contributed by atoms with E-state index in [2.05, 4.69) is 5.32 Å². The summed E-state index contributed by atoms with van der Waals surface area (Å²) in [5, 5.41) is 2.73. The van der Waals surface area contributed by atoms with Crippen LogP contribution >= 0.6 is 0 Å². The van der Waals surface area contributed by atoms with Crippen LogP contribution in [0.4, 0.5) is 18.9 Å². The topological polar surface area (TPSA) is 67.9 Å². The molecule has 0 saturated heterocycles. The van der Waals surface area contributed by atoms with Gasteiger partial charge in [-0.25, -0.2) is 0 Å². The van der Waals surface area contributed by atoms with E-state index in [1.165, 1.54) is 31.3 Å². The van der Waals surface area contributed by atoms with Gasteiger partial charge >= 0.3 is 6.18 Å². The molecule has 1 unspecified atom stereocenters. The van der Waals surface area contributed by atoms with Gasteiger partial charge in [-0.2, -0.15) is 13.2 Å². The third kappa shape index (κ3) is 6.81. The number of methoxy groups -OCH3 is 2. The molecule has 3 aromatic rings. The molecule has 0 aliphatic heterocycles. The minimum absolute atomic E-state index is 0.114. The fourth-order valence-electron chi connectivity index (χ4n) is 3.94. The molecule has 0 aromatic heterocycles. The minimum Gasteiger partial charge on any atom is -0.493 e. The first-order chi connectivity index (χ1) is 17.7. The number of nitrogens with zero attached hydrogens (tertiary/aromatic N) is 1. The summed E-state index contributed by atoms with van der Waals surface area (Å²) >= 11 is 0. The van der Waals surface area contributed by atoms with Crippen LogP contribution in [0.2, 0.25) is 0 Å². The second-order valence-electron chi connectivity index (χ2n) is 8.21. The first kappa shape index (κ1) is 27.6. The summed E-state index contributed by atoms with van der Waals surface area (Å²) in [5.41, 5.74) is 0.850. The third-order valence-electron chi connectivity index (χ3n) is 5.84. The van der Waals surface area contributed by atoms with Gasteiger partial charge in [-0.3, -0.25) is 9.59 Å². The second-order valence-corrected chi connectivity index (χ2v) is 8.21. The predicted molar refractivity (Wildman–Crippen MR) is 135 cm³/mol. The van der Waals surface area contributed by atoms with Crippen LogP contribution in [0.15, 0.2) is 72.8 Å². The maximum atomic E-state index is 14.0. The standard InChI is InChI=1S/C28H29F3N2O4/c1-4-32-26(34)25(20-8-6-5-7-9-20)27(35)33(22-14-15-23(36-2)24(18-22)37-3)17-16-19-10-12-21(13-11-19)28(29,30)31/h5-15,18,25H,4,16-17H2,1-3H3,(H,32,34). The highest BCUT2D eigenvalue weighted by atomic mass is 19.4. The smallest absolute Gasteiger partial charge is 0.416 e. The number of carbonyl (C=O) groups is 2. The largest absolute Gasteiger partial charge is 0.493 e. The van der Waals surface area contributed by atoms with E-state index >= 15 is 0 Å². The van der Waals surface area contributed by atoms with Gasteiger partial charge in [-0.05, 0) is 48.7 Å². The van der Waals surface area contributed by atoms with Crippen molar-refractivity contribution in [1.82, 2.24) is 5.32 Å². The number of carbonyl (C=O) groups excluding carboxylic acids is 2. The molecular weight excluding hydrogens is 485 g/mol. The number of likely N-dealkylation sites (N-methyl/N-ethyl adjacent to an activating group) is 1. The molecule has 0 spiro atoms. The van der Waals surface area contributed by atoms with Crippen molar-refractivity contribution < 1.29 is 32.2 Å². The van der Waals surface area contributed by atoms with Gasteiger partial charge in [0.2, 0.25) is 11.8 Å². The quantitative estimate of drug-likeness (QED) is 0.377. The molecule has 0 aliphatic carbocycles. The molecule has 0 bridgehead atoms. The number of benzene rings is 3. The average Bonchev–Trinajstić information content (AvgIpc) is 2.89. The van der Waals surface area contributed by atoms with Gasteiger partial charge in [0.25, 0.3) is 0 Å². The molecule has 1 atom stereocenters. The van der Waals surface area contributed by atoms with E-state index in [0.29, 0.717) is 34.9 Å². The van der Waals surface area contributed by atoms with Crippen LogP contribution in [-0.4, -0.2) is 39.1 Å². The lowest BCUT2D eigenvalue weighted by molar-refractivity contribution is -0.137. The van der Waals surface area contributed by atoms with E-state index in [-0.39, 0.29) is 13.0 Å². The van der Waals surface area contributed by atoms with Crippen LogP contribution < -0.4 is 19.7 Å². The lowest BCUT2D eigenvalue weighted by atomic mass is 9.95. The molecule has 9 heteroatoms. The van der Waals surface area contributed by atoms with Crippen molar-refractivity contribution in [1.29, 1.82) is 0 Å². The molecule has 1 N–H and O–H groups in total. The van der Waals surface area contributed by atoms with E-state index in [9.17, 15) is 22.8 Å². The molecule has 0 fully saturated rings. The first-order valence-electron chi connectivity index (χ1n) is 11.7. The zero-order chi connectivity index (χ0) is 27.0. The maximum absolute atomic E-state index is 14.0. The molecule has 0 radical (unpaired) electrons. The lowest BCUT2D eigenvalue weighted by Gasteiger charge is -2.28. The molecule has 3 rings (SSSR count). The van der Waals surface area contributed by atoms with E-state index < -0.39 is 29.5 Å². The van der Waals surface area contributed by atoms with E-state index in [1.807, 2.05) is 0 Å². The van der Waals surface area contributed by atoms with E-state index in [4.69, 9.17) is 9.47 Å². The summed E-state index contributed by atoms with van der Waals surface area (Å²) in [6.07, 6.45) is -4.18. The zero-order valence-electron chi connectivity index (χ0n) is 20.8. The summed E-state index contributed by atoms with van der Waals surface area (Å²) in [6.45, 7) is 2.22. The van der Waals surface area contributed by atoms with Gasteiger partial charge in [-0.1, -0.05) is 42.5 Å². The summed E-state index contributed by atoms with van der Waals surface area (Å²) in [4.78, 5) is 28.5. The number of hydrogen-bond donors (Lipinski definition) is 1. The number of nitrogens with one attached hydrogen (secondary N) is 1. The summed E-state index contributed by atoms with van der Waals surface area (Å²) < 4.78 is 49.6. The lowest BCUT2D eigenvalue weighted by Crippen LogP contribution is -2.43. The monoisotopic (exact) mass is 514 g/mol. The highest BCUT2D eigenvalue weighted by Crippen LogP contribution is 2.34.